The summed E-state index contributed by atoms with van der Waals surface area (Å²) in [5.74, 6) is 0.703. The van der Waals surface area contributed by atoms with Crippen LogP contribution in [0.15, 0.2) is 42.0 Å². The van der Waals surface area contributed by atoms with Gasteiger partial charge in [0.15, 0.2) is 0 Å². The van der Waals surface area contributed by atoms with Crippen LogP contribution in [0.25, 0.3) is 21.8 Å². The van der Waals surface area contributed by atoms with Gasteiger partial charge >= 0.3 is 0 Å². The Balaban J connectivity index is 2.44. The minimum absolute atomic E-state index is 0.687. The summed E-state index contributed by atoms with van der Waals surface area (Å²) in [7, 11) is 1.63. The van der Waals surface area contributed by atoms with E-state index in [1.807, 2.05) is 24.3 Å². The number of H-pyrrole nitrogens is 1. The normalized spacial score (nSPS) is 10.9. The predicted molar refractivity (Wildman–Crippen MR) is 90.9 cm³/mol. The Bertz CT molecular complexity index is 883. The lowest BCUT2D eigenvalue weighted by atomic mass is 9.97. The molecule has 22 heavy (non-hydrogen) atoms. The first-order valence-electron chi connectivity index (χ1n) is 7.34. The number of carbonyl (C=O) groups excluding carboxylic acids is 1. The quantitative estimate of drug-likeness (QED) is 0.562. The lowest BCUT2D eigenvalue weighted by Crippen LogP contribution is -1.96. The molecule has 0 aliphatic rings. The van der Waals surface area contributed by atoms with Crippen LogP contribution >= 0.6 is 0 Å². The Hall–Kier alpha value is -2.55. The highest BCUT2D eigenvalue weighted by Gasteiger charge is 2.16. The number of aromatic amines is 1. The Kier molecular flexibility index (Phi) is 3.72. The molecule has 0 aliphatic carbocycles. The third-order valence-electron chi connectivity index (χ3n) is 3.95. The molecule has 3 heteroatoms. The number of ether oxygens (including phenoxy) is 1. The van der Waals surface area contributed by atoms with Crippen molar-refractivity contribution in [3.8, 4) is 5.75 Å². The molecule has 0 saturated heterocycles. The summed E-state index contributed by atoms with van der Waals surface area (Å²) in [6.07, 6.45) is 3.80. The van der Waals surface area contributed by atoms with Gasteiger partial charge < -0.3 is 9.72 Å². The van der Waals surface area contributed by atoms with Gasteiger partial charge in [-0.15, -0.1) is 0 Å². The number of aldehydes is 1. The van der Waals surface area contributed by atoms with Gasteiger partial charge in [0.05, 0.1) is 12.6 Å². The average Bonchev–Trinajstić information content (AvgIpc) is 2.91. The zero-order valence-electron chi connectivity index (χ0n) is 13.1. The molecule has 0 fully saturated rings. The molecule has 3 rings (SSSR count). The maximum Gasteiger partial charge on any atom is 0.150 e. The van der Waals surface area contributed by atoms with Crippen LogP contribution in [0, 0.1) is 0 Å². The van der Waals surface area contributed by atoms with Gasteiger partial charge in [-0.2, -0.15) is 0 Å². The molecule has 112 valence electrons. The van der Waals surface area contributed by atoms with E-state index in [2.05, 4.69) is 31.0 Å². The number of fused-ring (bicyclic) bond motifs is 3. The largest absolute Gasteiger partial charge is 0.495 e. The van der Waals surface area contributed by atoms with E-state index in [0.29, 0.717) is 11.3 Å². The van der Waals surface area contributed by atoms with E-state index in [4.69, 9.17) is 4.74 Å². The van der Waals surface area contributed by atoms with E-state index < -0.39 is 0 Å². The maximum absolute atomic E-state index is 11.6. The molecular weight excluding hydrogens is 274 g/mol. The van der Waals surface area contributed by atoms with Gasteiger partial charge in [-0.25, -0.2) is 0 Å². The van der Waals surface area contributed by atoms with E-state index in [-0.39, 0.29) is 0 Å². The summed E-state index contributed by atoms with van der Waals surface area (Å²) in [5, 5.41) is 2.20. The summed E-state index contributed by atoms with van der Waals surface area (Å²) >= 11 is 0. The molecule has 0 amide bonds. The van der Waals surface area contributed by atoms with Gasteiger partial charge in [0.1, 0.15) is 12.0 Å². The third kappa shape index (κ3) is 2.29. The zero-order chi connectivity index (χ0) is 15.7. The second-order valence-corrected chi connectivity index (χ2v) is 5.67. The molecule has 0 bridgehead atoms. The number of para-hydroxylation sites is 1. The van der Waals surface area contributed by atoms with E-state index in [9.17, 15) is 4.79 Å². The fourth-order valence-corrected chi connectivity index (χ4v) is 2.88. The number of carbonyl (C=O) groups is 1. The average molecular weight is 293 g/mol. The predicted octanol–water partition coefficient (Wildman–Crippen LogP) is 4.65. The number of aromatic nitrogens is 1. The monoisotopic (exact) mass is 293 g/mol. The van der Waals surface area contributed by atoms with Crippen molar-refractivity contribution in [1.82, 2.24) is 4.98 Å². The molecule has 0 atom stereocenters. The topological polar surface area (TPSA) is 42.1 Å². The Morgan fingerprint density at radius 3 is 2.73 bits per heavy atom. The zero-order valence-corrected chi connectivity index (χ0v) is 13.1. The van der Waals surface area contributed by atoms with Crippen LogP contribution < -0.4 is 4.74 Å². The first-order chi connectivity index (χ1) is 10.7. The second kappa shape index (κ2) is 5.68. The summed E-state index contributed by atoms with van der Waals surface area (Å²) < 4.78 is 5.47. The van der Waals surface area contributed by atoms with Gasteiger partial charge in [0.25, 0.3) is 0 Å². The highest BCUT2D eigenvalue weighted by Crippen LogP contribution is 2.36. The molecule has 2 aromatic carbocycles. The summed E-state index contributed by atoms with van der Waals surface area (Å²) in [6.45, 7) is 4.13. The Labute approximate surface area is 129 Å². The number of nitrogens with one attached hydrogen (secondary N) is 1. The standard InChI is InChI=1S/C19H19NO2/c1-12(2)8-9-14-13(11-21)10-17(22-3)19-18(14)15-6-4-5-7-16(15)20-19/h4-8,10-11,20H,9H2,1-3H3. The highest BCUT2D eigenvalue weighted by atomic mass is 16.5. The van der Waals surface area contributed by atoms with Crippen LogP contribution in [-0.4, -0.2) is 18.4 Å². The van der Waals surface area contributed by atoms with Gasteiger partial charge in [-0.3, -0.25) is 4.79 Å². The van der Waals surface area contributed by atoms with Gasteiger partial charge in [0.2, 0.25) is 0 Å². The van der Waals surface area contributed by atoms with E-state index in [0.717, 1.165) is 40.1 Å². The van der Waals surface area contributed by atoms with Gasteiger partial charge in [-0.05, 0) is 38.0 Å². The second-order valence-electron chi connectivity index (χ2n) is 5.67. The molecule has 0 spiro atoms. The molecule has 1 N–H and O–H groups in total. The third-order valence-corrected chi connectivity index (χ3v) is 3.95. The number of methoxy groups -OCH3 is 1. The fraction of sp³-hybridized carbons (Fsp3) is 0.211. The molecule has 1 heterocycles. The number of rotatable bonds is 4. The van der Waals surface area contributed by atoms with Crippen molar-refractivity contribution in [3.63, 3.8) is 0 Å². The lowest BCUT2D eigenvalue weighted by Gasteiger charge is -2.10. The Morgan fingerprint density at radius 2 is 2.05 bits per heavy atom. The minimum Gasteiger partial charge on any atom is -0.495 e. The smallest absolute Gasteiger partial charge is 0.150 e. The maximum atomic E-state index is 11.6. The van der Waals surface area contributed by atoms with Crippen molar-refractivity contribution in [2.75, 3.05) is 7.11 Å². The molecular formula is C19H19NO2. The lowest BCUT2D eigenvalue weighted by molar-refractivity contribution is 0.112. The van der Waals surface area contributed by atoms with Crippen molar-refractivity contribution in [2.24, 2.45) is 0 Å². The van der Waals surface area contributed by atoms with Crippen LogP contribution in [0.4, 0.5) is 0 Å². The molecule has 0 aliphatic heterocycles. The van der Waals surface area contributed by atoms with Crippen molar-refractivity contribution in [2.45, 2.75) is 20.3 Å². The van der Waals surface area contributed by atoms with E-state index >= 15 is 0 Å². The van der Waals surface area contributed by atoms with E-state index in [1.54, 1.807) is 7.11 Å². The molecule has 0 unspecified atom stereocenters. The molecule has 3 nitrogen and oxygen atoms in total. The highest BCUT2D eigenvalue weighted by molar-refractivity contribution is 6.13. The number of hydrogen-bond acceptors (Lipinski definition) is 2. The summed E-state index contributed by atoms with van der Waals surface area (Å²) in [5.41, 5.74) is 4.97. The van der Waals surface area contributed by atoms with Crippen LogP contribution in [0.5, 0.6) is 5.75 Å². The summed E-state index contributed by atoms with van der Waals surface area (Å²) in [4.78, 5) is 15.0. The number of hydrogen-bond donors (Lipinski definition) is 1. The number of allylic oxidation sites excluding steroid dienone is 2. The molecule has 3 aromatic rings. The van der Waals surface area contributed by atoms with Crippen LogP contribution in [0.1, 0.15) is 29.8 Å². The van der Waals surface area contributed by atoms with Crippen LogP contribution in [0.2, 0.25) is 0 Å². The van der Waals surface area contributed by atoms with Gasteiger partial charge in [0, 0.05) is 21.9 Å². The molecule has 1 aromatic heterocycles. The first kappa shape index (κ1) is 14.4. The molecule has 0 saturated carbocycles. The van der Waals surface area contributed by atoms with Crippen LogP contribution in [-0.2, 0) is 6.42 Å². The van der Waals surface area contributed by atoms with Crippen molar-refractivity contribution in [3.05, 3.63) is 53.1 Å². The minimum atomic E-state index is 0.687. The number of benzene rings is 2. The SMILES string of the molecule is COc1cc(C=O)c(CC=C(C)C)c2c1[nH]c1ccccc12. The summed E-state index contributed by atoms with van der Waals surface area (Å²) in [6, 6.07) is 9.95. The Morgan fingerprint density at radius 1 is 1.27 bits per heavy atom. The van der Waals surface area contributed by atoms with Crippen molar-refractivity contribution < 1.29 is 9.53 Å². The molecule has 0 radical (unpaired) electrons. The van der Waals surface area contributed by atoms with Gasteiger partial charge in [-0.1, -0.05) is 29.8 Å². The first-order valence-corrected chi connectivity index (χ1v) is 7.34. The van der Waals surface area contributed by atoms with Crippen molar-refractivity contribution in [1.29, 1.82) is 0 Å². The van der Waals surface area contributed by atoms with Crippen LogP contribution in [0.3, 0.4) is 0 Å². The fourth-order valence-electron chi connectivity index (χ4n) is 2.88. The van der Waals surface area contributed by atoms with Crippen molar-refractivity contribution >= 4 is 28.1 Å². The van der Waals surface area contributed by atoms with E-state index in [1.165, 1.54) is 5.57 Å².